The summed E-state index contributed by atoms with van der Waals surface area (Å²) in [7, 11) is 3.03. The van der Waals surface area contributed by atoms with Crippen LogP contribution in [-0.2, 0) is 19.2 Å². The number of hydrogen-bond acceptors (Lipinski definition) is 13. The van der Waals surface area contributed by atoms with E-state index in [9.17, 15) is 29.7 Å². The van der Waals surface area contributed by atoms with Gasteiger partial charge in [-0.2, -0.15) is 9.36 Å². The normalized spacial score (nSPS) is 28.4. The van der Waals surface area contributed by atoms with Crippen LogP contribution in [0.25, 0.3) is 0 Å². The molecule has 0 spiro atoms. The van der Waals surface area contributed by atoms with Crippen molar-refractivity contribution in [2.24, 2.45) is 5.16 Å². The van der Waals surface area contributed by atoms with E-state index in [1.165, 1.54) is 18.9 Å². The number of oxime groups is 1. The highest BCUT2D eigenvalue weighted by atomic mass is 32.2. The lowest BCUT2D eigenvalue weighted by Crippen LogP contribution is -2.71. The molecule has 2 amide bonds. The van der Waals surface area contributed by atoms with Gasteiger partial charge in [-0.1, -0.05) is 5.16 Å². The molecule has 4 heterocycles. The number of thioether (sulfide) groups is 1. The lowest BCUT2D eigenvalue weighted by atomic mass is 10.0. The van der Waals surface area contributed by atoms with Crippen molar-refractivity contribution in [3.63, 3.8) is 0 Å². The second kappa shape index (κ2) is 9.10. The van der Waals surface area contributed by atoms with Gasteiger partial charge in [-0.3, -0.25) is 14.5 Å². The van der Waals surface area contributed by atoms with Crippen molar-refractivity contribution in [1.82, 2.24) is 19.6 Å². The average Bonchev–Trinajstić information content (AvgIpc) is 3.30. The summed E-state index contributed by atoms with van der Waals surface area (Å²) >= 11 is 2.15. The van der Waals surface area contributed by atoms with Crippen LogP contribution in [0, 0.1) is 0 Å². The maximum atomic E-state index is 12.9. The second-order valence-corrected chi connectivity index (χ2v) is 10.3. The molecule has 0 saturated carbocycles. The van der Waals surface area contributed by atoms with E-state index < -0.39 is 41.4 Å². The number of aliphatic hydroxyl groups excluding tert-OH is 2. The number of quaternary nitrogens is 1. The van der Waals surface area contributed by atoms with Gasteiger partial charge in [-0.25, -0.2) is 0 Å². The molecule has 3 aliphatic rings. The third kappa shape index (κ3) is 4.34. The molecule has 14 nitrogen and oxygen atoms in total. The average molecular weight is 514 g/mol. The van der Waals surface area contributed by atoms with Crippen molar-refractivity contribution in [3.8, 4) is 0 Å². The van der Waals surface area contributed by atoms with Gasteiger partial charge < -0.3 is 40.5 Å². The van der Waals surface area contributed by atoms with Gasteiger partial charge in [0.05, 0.1) is 18.7 Å². The van der Waals surface area contributed by atoms with Gasteiger partial charge >= 0.3 is 0 Å². The number of fused-ring (bicyclic) bond motifs is 1. The van der Waals surface area contributed by atoms with Crippen molar-refractivity contribution in [2.45, 2.75) is 23.6 Å². The van der Waals surface area contributed by atoms with Crippen LogP contribution in [0.2, 0.25) is 0 Å². The number of likely N-dealkylation sites (tertiary alicyclic amines) is 1. The fourth-order valence-corrected chi connectivity index (χ4v) is 6.19. The number of likely N-dealkylation sites (N-methyl/N-ethyl adjacent to an activating group) is 1. The summed E-state index contributed by atoms with van der Waals surface area (Å²) in [5.74, 6) is -2.69. The minimum absolute atomic E-state index is 0.0636. The summed E-state index contributed by atoms with van der Waals surface area (Å²) in [5, 5.41) is 37.4. The second-order valence-electron chi connectivity index (χ2n) is 8.46. The fraction of sp³-hybridized carbons (Fsp3) is 0.556. The van der Waals surface area contributed by atoms with Crippen LogP contribution in [0.5, 0.6) is 0 Å². The molecular formula is C18H23N7O7S2. The Morgan fingerprint density at radius 2 is 2.06 bits per heavy atom. The zero-order valence-corrected chi connectivity index (χ0v) is 19.8. The minimum Gasteiger partial charge on any atom is -0.543 e. The number of rotatable bonds is 7. The zero-order chi connectivity index (χ0) is 24.8. The Hall–Kier alpha value is -2.79. The van der Waals surface area contributed by atoms with Crippen molar-refractivity contribution < 1.29 is 39.0 Å². The lowest BCUT2D eigenvalue weighted by Gasteiger charge is -2.51. The van der Waals surface area contributed by atoms with Gasteiger partial charge in [0.15, 0.2) is 5.13 Å². The van der Waals surface area contributed by atoms with Gasteiger partial charge in [-0.05, 0) is 0 Å². The fourth-order valence-electron chi connectivity index (χ4n) is 4.42. The first-order chi connectivity index (χ1) is 16.0. The Kier molecular flexibility index (Phi) is 6.52. The standard InChI is InChI=1S/C18H23N7O7S2/c1-25(4-8(26)9(27)5-25)3-7-6-33-16-11(15(29)24(16)12(7)17(30)31)20-14(28)10(22-32-2)13-21-18(19)34-23-13/h8-9,11,16,26-27H,3-6H2,1-2H3,(H3-,19,20,21,23,28,30,31)/b22-10-/t8-,9-,11-,16-/m1/s1. The van der Waals surface area contributed by atoms with E-state index in [2.05, 4.69) is 24.7 Å². The molecule has 5 N–H and O–H groups in total. The molecule has 4 rings (SSSR count). The number of anilines is 1. The number of amides is 2. The number of carbonyl (C=O) groups excluding carboxylic acids is 3. The molecule has 1 aromatic rings. The van der Waals surface area contributed by atoms with Crippen molar-refractivity contribution in [2.75, 3.05) is 45.3 Å². The molecule has 0 bridgehead atoms. The van der Waals surface area contributed by atoms with Gasteiger partial charge in [-0.15, -0.1) is 11.8 Å². The van der Waals surface area contributed by atoms with Gasteiger partial charge in [0, 0.05) is 22.9 Å². The van der Waals surface area contributed by atoms with E-state index in [-0.39, 0.29) is 52.2 Å². The molecule has 0 aromatic carbocycles. The number of hydrogen-bond donors (Lipinski definition) is 4. The van der Waals surface area contributed by atoms with Crippen LogP contribution >= 0.6 is 23.3 Å². The third-order valence-electron chi connectivity index (χ3n) is 5.85. The molecule has 0 aliphatic carbocycles. The van der Waals surface area contributed by atoms with Crippen LogP contribution in [0.15, 0.2) is 16.4 Å². The topological polar surface area (TPSA) is 203 Å². The first-order valence-corrected chi connectivity index (χ1v) is 12.0. The third-order valence-corrected chi connectivity index (χ3v) is 7.73. The van der Waals surface area contributed by atoms with Gasteiger partial charge in [0.1, 0.15) is 50.4 Å². The number of aromatic nitrogens is 2. The van der Waals surface area contributed by atoms with Crippen molar-refractivity contribution in [1.29, 1.82) is 0 Å². The molecule has 3 aliphatic heterocycles. The molecule has 4 atom stereocenters. The highest BCUT2D eigenvalue weighted by Gasteiger charge is 2.54. The Morgan fingerprint density at radius 3 is 2.62 bits per heavy atom. The van der Waals surface area contributed by atoms with Crippen LogP contribution in [-0.4, -0.2) is 116 Å². The van der Waals surface area contributed by atoms with E-state index in [0.717, 1.165) is 16.4 Å². The maximum Gasteiger partial charge on any atom is 0.278 e. The maximum absolute atomic E-state index is 12.9. The number of aliphatic hydroxyl groups is 2. The molecule has 2 saturated heterocycles. The number of nitrogens with two attached hydrogens (primary N) is 1. The number of aliphatic carboxylic acids is 1. The number of carboxylic acids is 1. The number of nitrogens with zero attached hydrogens (tertiary/aromatic N) is 5. The van der Waals surface area contributed by atoms with Gasteiger partial charge in [0.2, 0.25) is 11.5 Å². The summed E-state index contributed by atoms with van der Waals surface area (Å²) in [4.78, 5) is 47.3. The van der Waals surface area contributed by atoms with E-state index in [4.69, 9.17) is 5.73 Å². The van der Waals surface area contributed by atoms with Crippen molar-refractivity contribution >= 4 is 51.9 Å². The molecule has 0 radical (unpaired) electrons. The zero-order valence-electron chi connectivity index (χ0n) is 18.2. The van der Waals surface area contributed by atoms with E-state index in [1.54, 1.807) is 7.05 Å². The van der Waals surface area contributed by atoms with Crippen molar-refractivity contribution in [3.05, 3.63) is 17.1 Å². The quantitative estimate of drug-likeness (QED) is 0.120. The number of nitrogens with one attached hydrogen (secondary N) is 1. The molecular weight excluding hydrogens is 490 g/mol. The molecule has 16 heteroatoms. The largest absolute Gasteiger partial charge is 0.543 e. The highest BCUT2D eigenvalue weighted by molar-refractivity contribution is 8.00. The first kappa shape index (κ1) is 24.3. The summed E-state index contributed by atoms with van der Waals surface area (Å²) in [6.07, 6.45) is -1.81. The summed E-state index contributed by atoms with van der Waals surface area (Å²) in [6.45, 7) is 0.727. The number of carbonyl (C=O) groups is 3. The SMILES string of the molecule is CO/N=C(\C(=O)N[C@@H]1C(=O)N2C(C(=O)[O-])=C(C[N+]3(C)C[C@@H](O)[C@H](O)C3)CS[C@H]12)c1nsc(N)n1. The Balaban J connectivity index is 1.52. The van der Waals surface area contributed by atoms with E-state index >= 15 is 0 Å². The van der Waals surface area contributed by atoms with E-state index in [0.29, 0.717) is 5.57 Å². The summed E-state index contributed by atoms with van der Waals surface area (Å²) in [5.41, 5.74) is 5.51. The smallest absolute Gasteiger partial charge is 0.278 e. The lowest BCUT2D eigenvalue weighted by molar-refractivity contribution is -0.895. The van der Waals surface area contributed by atoms with Crippen LogP contribution < -0.4 is 16.2 Å². The number of nitrogen functional groups attached to an aromatic ring is 1. The molecule has 2 fully saturated rings. The van der Waals surface area contributed by atoms with Crippen LogP contribution in [0.4, 0.5) is 5.13 Å². The molecule has 1 aromatic heterocycles. The van der Waals surface area contributed by atoms with E-state index in [1.807, 2.05) is 0 Å². The Bertz CT molecular complexity index is 1080. The molecule has 34 heavy (non-hydrogen) atoms. The summed E-state index contributed by atoms with van der Waals surface area (Å²) in [6, 6.07) is -1.01. The number of β-lactam (4-membered cyclic amide) rings is 1. The molecule has 0 unspecified atom stereocenters. The van der Waals surface area contributed by atoms with Gasteiger partial charge in [0.25, 0.3) is 11.8 Å². The monoisotopic (exact) mass is 513 g/mol. The Morgan fingerprint density at radius 1 is 1.38 bits per heavy atom. The van der Waals surface area contributed by atoms with Crippen LogP contribution in [0.1, 0.15) is 5.82 Å². The van der Waals surface area contributed by atoms with Crippen LogP contribution in [0.3, 0.4) is 0 Å². The minimum atomic E-state index is -1.51. The molecule has 184 valence electrons. The predicted molar refractivity (Wildman–Crippen MR) is 118 cm³/mol. The Labute approximate surface area is 201 Å². The number of carboxylic acid groups (broad SMARTS) is 1. The summed E-state index contributed by atoms with van der Waals surface area (Å²) < 4.78 is 4.15. The highest BCUT2D eigenvalue weighted by Crippen LogP contribution is 2.41. The predicted octanol–water partition coefficient (Wildman–Crippen LogP) is -3.94. The first-order valence-electron chi connectivity index (χ1n) is 10.1.